The number of ether oxygens (including phenoxy) is 4. The first kappa shape index (κ1) is 21.0. The number of methoxy groups -OCH3 is 1. The van der Waals surface area contributed by atoms with Crippen molar-refractivity contribution in [2.45, 2.75) is 13.5 Å². The Morgan fingerprint density at radius 1 is 1.09 bits per heavy atom. The number of carbonyl (C=O) groups excluding carboxylic acids is 1. The number of nitrogens with zero attached hydrogens (tertiary/aromatic N) is 2. The molecule has 3 aliphatic rings. The molecule has 3 heterocycles. The minimum atomic E-state index is -0.0980. The number of carbonyl (C=O) groups is 1. The number of benzene rings is 2. The molecule has 7 nitrogen and oxygen atoms in total. The molecule has 1 fully saturated rings. The van der Waals surface area contributed by atoms with Crippen molar-refractivity contribution in [1.29, 1.82) is 0 Å². The van der Waals surface area contributed by atoms with Crippen LogP contribution in [0.5, 0.6) is 17.2 Å². The van der Waals surface area contributed by atoms with Gasteiger partial charge < -0.3 is 18.9 Å². The average molecular weight is 437 g/mol. The first-order valence-corrected chi connectivity index (χ1v) is 11.0. The van der Waals surface area contributed by atoms with Crippen molar-refractivity contribution in [2.24, 2.45) is 0 Å². The van der Waals surface area contributed by atoms with E-state index in [0.717, 1.165) is 74.1 Å². The molecule has 0 unspecified atom stereocenters. The Morgan fingerprint density at radius 3 is 2.72 bits per heavy atom. The highest BCUT2D eigenvalue weighted by molar-refractivity contribution is 6.15. The Bertz CT molecular complexity index is 1060. The second kappa shape index (κ2) is 8.94. The molecule has 0 radical (unpaired) electrons. The third kappa shape index (κ3) is 4.11. The Balaban J connectivity index is 1.34. The van der Waals surface area contributed by atoms with Crippen LogP contribution < -0.4 is 14.2 Å². The summed E-state index contributed by atoms with van der Waals surface area (Å²) in [7, 11) is 1.62. The van der Waals surface area contributed by atoms with Crippen LogP contribution >= 0.6 is 0 Å². The fourth-order valence-electron chi connectivity index (χ4n) is 4.43. The normalized spacial score (nSPS) is 19.9. The summed E-state index contributed by atoms with van der Waals surface area (Å²) in [6, 6.07) is 9.49. The van der Waals surface area contributed by atoms with Crippen LogP contribution in [-0.2, 0) is 11.3 Å². The van der Waals surface area contributed by atoms with E-state index in [-0.39, 0.29) is 5.78 Å². The molecular weight excluding hydrogens is 408 g/mol. The molecule has 2 aromatic carbocycles. The van der Waals surface area contributed by atoms with Crippen LogP contribution in [0.1, 0.15) is 27.0 Å². The topological polar surface area (TPSA) is 60.5 Å². The van der Waals surface area contributed by atoms with Crippen molar-refractivity contribution < 1.29 is 23.7 Å². The van der Waals surface area contributed by atoms with Crippen molar-refractivity contribution in [3.63, 3.8) is 0 Å². The molecule has 0 atom stereocenters. The van der Waals surface area contributed by atoms with Crippen LogP contribution in [0.4, 0.5) is 0 Å². The average Bonchev–Trinajstić information content (AvgIpc) is 3.14. The van der Waals surface area contributed by atoms with Gasteiger partial charge in [0.15, 0.2) is 5.76 Å². The number of morpholine rings is 1. The lowest BCUT2D eigenvalue weighted by atomic mass is 10.00. The van der Waals surface area contributed by atoms with Gasteiger partial charge in [-0.2, -0.15) is 0 Å². The molecule has 0 spiro atoms. The van der Waals surface area contributed by atoms with Crippen molar-refractivity contribution >= 4 is 11.9 Å². The van der Waals surface area contributed by atoms with Gasteiger partial charge in [-0.3, -0.25) is 14.6 Å². The molecule has 2 aromatic rings. The van der Waals surface area contributed by atoms with Gasteiger partial charge in [-0.25, -0.2) is 0 Å². The zero-order valence-electron chi connectivity index (χ0n) is 18.6. The van der Waals surface area contributed by atoms with Gasteiger partial charge in [0.1, 0.15) is 24.0 Å². The fourth-order valence-corrected chi connectivity index (χ4v) is 4.43. The number of hydrogen-bond acceptors (Lipinski definition) is 7. The maximum Gasteiger partial charge on any atom is 0.231 e. The molecule has 168 valence electrons. The maximum absolute atomic E-state index is 13.1. The zero-order valence-corrected chi connectivity index (χ0v) is 18.6. The van der Waals surface area contributed by atoms with Crippen LogP contribution in [-0.4, -0.2) is 68.8 Å². The first-order chi connectivity index (χ1) is 15.6. The van der Waals surface area contributed by atoms with Crippen LogP contribution in [0.15, 0.2) is 36.1 Å². The fraction of sp³-hybridized carbons (Fsp3) is 0.400. The summed E-state index contributed by atoms with van der Waals surface area (Å²) in [5, 5.41) is 0. The highest BCUT2D eigenvalue weighted by Crippen LogP contribution is 2.43. The molecule has 0 aromatic heterocycles. The number of Topliss-reactive ketones (excluding diaryl/α,β-unsaturated/α-hetero) is 1. The van der Waals surface area contributed by atoms with E-state index in [4.69, 9.17) is 18.9 Å². The number of allylic oxidation sites excluding steroid dienone is 1. The Hall–Kier alpha value is -2.87. The summed E-state index contributed by atoms with van der Waals surface area (Å²) in [4.78, 5) is 17.8. The van der Waals surface area contributed by atoms with Crippen LogP contribution in [0.2, 0.25) is 0 Å². The number of hydrogen-bond donors (Lipinski definition) is 0. The molecule has 7 heteroatoms. The van der Waals surface area contributed by atoms with E-state index in [1.807, 2.05) is 37.3 Å². The highest BCUT2D eigenvalue weighted by Gasteiger charge is 2.33. The summed E-state index contributed by atoms with van der Waals surface area (Å²) in [6.45, 7) is 8.73. The molecule has 1 saturated heterocycles. The van der Waals surface area contributed by atoms with Crippen molar-refractivity contribution in [3.05, 3.63) is 58.3 Å². The van der Waals surface area contributed by atoms with Gasteiger partial charge in [-0.15, -0.1) is 0 Å². The summed E-state index contributed by atoms with van der Waals surface area (Å²) >= 11 is 0. The van der Waals surface area contributed by atoms with Crippen molar-refractivity contribution in [2.75, 3.05) is 53.2 Å². The van der Waals surface area contributed by atoms with Gasteiger partial charge >= 0.3 is 0 Å². The summed E-state index contributed by atoms with van der Waals surface area (Å²) in [5.41, 5.74) is 3.38. The summed E-state index contributed by atoms with van der Waals surface area (Å²) < 4.78 is 22.8. The van der Waals surface area contributed by atoms with E-state index >= 15 is 0 Å². The first-order valence-electron chi connectivity index (χ1n) is 11.0. The Kier molecular flexibility index (Phi) is 5.87. The monoisotopic (exact) mass is 436 g/mol. The van der Waals surface area contributed by atoms with Gasteiger partial charge in [0.25, 0.3) is 0 Å². The van der Waals surface area contributed by atoms with E-state index in [9.17, 15) is 4.79 Å². The molecular formula is C25H28N2O5. The van der Waals surface area contributed by atoms with Gasteiger partial charge in [0.05, 0.1) is 25.9 Å². The predicted molar refractivity (Wildman–Crippen MR) is 120 cm³/mol. The zero-order chi connectivity index (χ0) is 22.1. The lowest BCUT2D eigenvalue weighted by Crippen LogP contribution is -2.43. The molecule has 0 N–H and O–H groups in total. The smallest absolute Gasteiger partial charge is 0.231 e. The van der Waals surface area contributed by atoms with Gasteiger partial charge in [0.2, 0.25) is 5.78 Å². The third-order valence-corrected chi connectivity index (χ3v) is 6.23. The number of rotatable bonds is 5. The van der Waals surface area contributed by atoms with Crippen molar-refractivity contribution in [3.8, 4) is 17.2 Å². The largest absolute Gasteiger partial charge is 0.497 e. The summed E-state index contributed by atoms with van der Waals surface area (Å²) in [6.07, 6.45) is 1.76. The highest BCUT2D eigenvalue weighted by atomic mass is 16.5. The number of fused-ring (bicyclic) bond motifs is 2. The lowest BCUT2D eigenvalue weighted by molar-refractivity contribution is 0.0239. The Labute approximate surface area is 188 Å². The molecule has 0 bridgehead atoms. The predicted octanol–water partition coefficient (Wildman–Crippen LogP) is 3.10. The molecule has 3 aliphatic heterocycles. The molecule has 0 aliphatic carbocycles. The van der Waals surface area contributed by atoms with Crippen LogP contribution in [0.25, 0.3) is 6.08 Å². The van der Waals surface area contributed by atoms with Gasteiger partial charge in [-0.1, -0.05) is 12.1 Å². The van der Waals surface area contributed by atoms with Crippen LogP contribution in [0.3, 0.4) is 0 Å². The van der Waals surface area contributed by atoms with Gasteiger partial charge in [0, 0.05) is 43.9 Å². The maximum atomic E-state index is 13.1. The second-order valence-corrected chi connectivity index (χ2v) is 8.36. The molecule has 32 heavy (non-hydrogen) atoms. The minimum Gasteiger partial charge on any atom is -0.497 e. The molecule has 5 rings (SSSR count). The second-order valence-electron chi connectivity index (χ2n) is 8.36. The standard InChI is InChI=1S/C25H28N2O5/c1-17-24-19(15-27(16-31-24)7-6-26-8-10-30-11-9-26)14-21-23(28)22(32-25(17)21)13-18-4-3-5-20(12-18)29-2/h3-5,12-14H,6-11,15-16H2,1-2H3/b22-13+. The minimum absolute atomic E-state index is 0.0980. The lowest BCUT2D eigenvalue weighted by Gasteiger charge is -2.33. The SMILES string of the molecule is COc1cccc(/C=C2/Oc3c(cc4c(c3C)OCN(CCN3CCOCC3)C4)C2=O)c1. The third-order valence-electron chi connectivity index (χ3n) is 6.23. The Morgan fingerprint density at radius 2 is 1.91 bits per heavy atom. The van der Waals surface area contributed by atoms with Crippen molar-refractivity contribution in [1.82, 2.24) is 9.80 Å². The number of ketones is 1. The van der Waals surface area contributed by atoms with E-state index < -0.39 is 0 Å². The van der Waals surface area contributed by atoms with E-state index in [2.05, 4.69) is 9.80 Å². The van der Waals surface area contributed by atoms with Gasteiger partial charge in [-0.05, 0) is 36.8 Å². The van der Waals surface area contributed by atoms with E-state index in [0.29, 0.717) is 23.8 Å². The molecule has 0 amide bonds. The molecule has 0 saturated carbocycles. The summed E-state index contributed by atoms with van der Waals surface area (Å²) in [5.74, 6) is 2.40. The van der Waals surface area contributed by atoms with E-state index in [1.54, 1.807) is 13.2 Å². The van der Waals surface area contributed by atoms with Crippen LogP contribution in [0, 0.1) is 6.92 Å². The quantitative estimate of drug-likeness (QED) is 0.668. The van der Waals surface area contributed by atoms with E-state index in [1.165, 1.54) is 0 Å².